The van der Waals surface area contributed by atoms with Gasteiger partial charge in [-0.15, -0.1) is 0 Å². The maximum Gasteiger partial charge on any atom is 0.326 e. The van der Waals surface area contributed by atoms with Gasteiger partial charge in [-0.25, -0.2) is 14.8 Å². The second kappa shape index (κ2) is 12.5. The number of nitrogen functional groups attached to an aromatic ring is 2. The van der Waals surface area contributed by atoms with Crippen LogP contribution in [0, 0.1) is 0 Å². The quantitative estimate of drug-likeness (QED) is 0.173. The predicted octanol–water partition coefficient (Wildman–Crippen LogP) is 1.88. The Morgan fingerprint density at radius 3 is 2.35 bits per heavy atom. The van der Waals surface area contributed by atoms with Crippen molar-refractivity contribution in [3.63, 3.8) is 0 Å². The highest BCUT2D eigenvalue weighted by molar-refractivity contribution is 5.97. The first-order valence-electron chi connectivity index (χ1n) is 12.4. The molecule has 13 nitrogen and oxygen atoms in total. The van der Waals surface area contributed by atoms with E-state index in [1.54, 1.807) is 30.5 Å². The molecule has 1 atom stereocenters. The minimum atomic E-state index is -1.32. The van der Waals surface area contributed by atoms with E-state index in [2.05, 4.69) is 30.2 Å². The fourth-order valence-electron chi connectivity index (χ4n) is 4.05. The fraction of sp³-hybridized carbons (Fsp3) is 0.222. The van der Waals surface area contributed by atoms with Crippen LogP contribution >= 0.6 is 0 Å². The molecule has 40 heavy (non-hydrogen) atoms. The summed E-state index contributed by atoms with van der Waals surface area (Å²) >= 11 is 0. The first-order valence-corrected chi connectivity index (χ1v) is 12.4. The number of carboxylic acids is 2. The van der Waals surface area contributed by atoms with E-state index in [-0.39, 0.29) is 30.2 Å². The lowest BCUT2D eigenvalue weighted by molar-refractivity contribution is -0.140. The molecule has 0 aliphatic heterocycles. The van der Waals surface area contributed by atoms with Crippen molar-refractivity contribution in [3.05, 3.63) is 77.6 Å². The molecule has 1 amide bonds. The van der Waals surface area contributed by atoms with Crippen LogP contribution in [-0.2, 0) is 22.6 Å². The van der Waals surface area contributed by atoms with Gasteiger partial charge in [0, 0.05) is 24.2 Å². The standard InChI is InChI=1S/C27H28N8O5/c28-23-22-24(34-27(29)33-23)30-14-18(31-22)15-35(13-12-16-4-2-1-3-5-16)19-8-6-17(7-9-19)25(38)32-20(26(39)40)10-11-21(36)37/h1-9,14,20H,10-13,15H2,(H,32,38)(H,36,37)(H,39,40)(H4,28,29,30,33,34)/t20-/m0/s1. The van der Waals surface area contributed by atoms with E-state index in [0.29, 0.717) is 29.9 Å². The maximum atomic E-state index is 12.7. The fourth-order valence-corrected chi connectivity index (χ4v) is 4.05. The number of carbonyl (C=O) groups is 3. The van der Waals surface area contributed by atoms with E-state index in [4.69, 9.17) is 16.6 Å². The largest absolute Gasteiger partial charge is 0.481 e. The van der Waals surface area contributed by atoms with Gasteiger partial charge < -0.3 is 31.9 Å². The van der Waals surface area contributed by atoms with Crippen molar-refractivity contribution in [2.24, 2.45) is 0 Å². The minimum Gasteiger partial charge on any atom is -0.481 e. The molecular formula is C27H28N8O5. The number of carbonyl (C=O) groups excluding carboxylic acids is 1. The summed E-state index contributed by atoms with van der Waals surface area (Å²) in [6.07, 6.45) is 1.72. The molecule has 0 aliphatic rings. The molecule has 0 saturated heterocycles. The Morgan fingerprint density at radius 1 is 0.950 bits per heavy atom. The van der Waals surface area contributed by atoms with Crippen molar-refractivity contribution in [1.82, 2.24) is 25.3 Å². The second-order valence-electron chi connectivity index (χ2n) is 9.00. The Morgan fingerprint density at radius 2 is 1.68 bits per heavy atom. The highest BCUT2D eigenvalue weighted by atomic mass is 16.4. The summed E-state index contributed by atoms with van der Waals surface area (Å²) in [6, 6.07) is 15.3. The van der Waals surface area contributed by atoms with Gasteiger partial charge >= 0.3 is 11.9 Å². The van der Waals surface area contributed by atoms with Crippen molar-refractivity contribution >= 4 is 46.5 Å². The molecule has 0 spiro atoms. The third-order valence-corrected chi connectivity index (χ3v) is 6.11. The van der Waals surface area contributed by atoms with Crippen LogP contribution in [0.5, 0.6) is 0 Å². The monoisotopic (exact) mass is 544 g/mol. The van der Waals surface area contributed by atoms with Crippen LogP contribution in [0.3, 0.4) is 0 Å². The summed E-state index contributed by atoms with van der Waals surface area (Å²) < 4.78 is 0. The Bertz CT molecular complexity index is 1520. The van der Waals surface area contributed by atoms with Crippen LogP contribution < -0.4 is 21.7 Å². The number of nitrogens with zero attached hydrogens (tertiary/aromatic N) is 5. The van der Waals surface area contributed by atoms with E-state index in [1.807, 2.05) is 30.3 Å². The van der Waals surface area contributed by atoms with E-state index >= 15 is 0 Å². The molecular weight excluding hydrogens is 516 g/mol. The summed E-state index contributed by atoms with van der Waals surface area (Å²) in [5, 5.41) is 20.6. The zero-order valence-electron chi connectivity index (χ0n) is 21.4. The van der Waals surface area contributed by atoms with E-state index in [0.717, 1.165) is 17.7 Å². The van der Waals surface area contributed by atoms with Gasteiger partial charge in [0.2, 0.25) is 5.95 Å². The molecule has 4 aromatic rings. The molecule has 4 rings (SSSR count). The summed E-state index contributed by atoms with van der Waals surface area (Å²) in [7, 11) is 0. The molecule has 0 fully saturated rings. The van der Waals surface area contributed by atoms with Gasteiger partial charge in [0.25, 0.3) is 5.91 Å². The van der Waals surface area contributed by atoms with Crippen LogP contribution in [-0.4, -0.2) is 60.6 Å². The average Bonchev–Trinajstić information content (AvgIpc) is 2.93. The summed E-state index contributed by atoms with van der Waals surface area (Å²) in [5.41, 5.74) is 15.1. The first-order chi connectivity index (χ1) is 19.2. The molecule has 13 heteroatoms. The SMILES string of the molecule is Nc1nc(N)c2nc(CN(CCc3ccccc3)c3ccc(C(=O)N[C@@H](CCC(=O)O)C(=O)O)cc3)cnc2n1. The molecule has 2 heterocycles. The normalized spacial score (nSPS) is 11.6. The predicted molar refractivity (Wildman–Crippen MR) is 147 cm³/mol. The summed E-state index contributed by atoms with van der Waals surface area (Å²) in [4.78, 5) is 54.0. The van der Waals surface area contributed by atoms with Crippen molar-refractivity contribution in [1.29, 1.82) is 0 Å². The van der Waals surface area contributed by atoms with Gasteiger partial charge in [-0.3, -0.25) is 9.59 Å². The number of rotatable bonds is 12. The third-order valence-electron chi connectivity index (χ3n) is 6.11. The molecule has 2 aromatic carbocycles. The van der Waals surface area contributed by atoms with Crippen molar-refractivity contribution < 1.29 is 24.6 Å². The molecule has 0 bridgehead atoms. The van der Waals surface area contributed by atoms with E-state index in [9.17, 15) is 19.5 Å². The maximum absolute atomic E-state index is 12.7. The zero-order valence-corrected chi connectivity index (χ0v) is 21.4. The van der Waals surface area contributed by atoms with Crippen LogP contribution in [0.15, 0.2) is 60.8 Å². The highest BCUT2D eigenvalue weighted by Crippen LogP contribution is 2.21. The minimum absolute atomic E-state index is 0.0113. The number of benzene rings is 2. The van der Waals surface area contributed by atoms with Crippen LogP contribution in [0.4, 0.5) is 17.5 Å². The lowest BCUT2D eigenvalue weighted by Crippen LogP contribution is -2.41. The first kappa shape index (κ1) is 27.7. The van der Waals surface area contributed by atoms with Gasteiger partial charge in [-0.1, -0.05) is 30.3 Å². The number of nitrogens with one attached hydrogen (secondary N) is 1. The van der Waals surface area contributed by atoms with Crippen LogP contribution in [0.25, 0.3) is 11.2 Å². The number of hydrogen-bond acceptors (Lipinski definition) is 10. The summed E-state index contributed by atoms with van der Waals surface area (Å²) in [6.45, 7) is 0.973. The van der Waals surface area contributed by atoms with Gasteiger partial charge in [0.05, 0.1) is 18.4 Å². The summed E-state index contributed by atoms with van der Waals surface area (Å²) in [5.74, 6) is -2.92. The zero-order chi connectivity index (χ0) is 28.6. The molecule has 0 unspecified atom stereocenters. The third kappa shape index (κ3) is 7.16. The molecule has 0 radical (unpaired) electrons. The molecule has 2 aromatic heterocycles. The topological polar surface area (TPSA) is 211 Å². The Balaban J connectivity index is 1.55. The van der Waals surface area contributed by atoms with Crippen LogP contribution in [0.1, 0.15) is 34.5 Å². The van der Waals surface area contributed by atoms with Gasteiger partial charge in [0.1, 0.15) is 6.04 Å². The van der Waals surface area contributed by atoms with Gasteiger partial charge in [-0.05, 0) is 42.7 Å². The Kier molecular flexibility index (Phi) is 8.64. The second-order valence-corrected chi connectivity index (χ2v) is 9.00. The lowest BCUT2D eigenvalue weighted by atomic mass is 10.1. The molecule has 0 aliphatic carbocycles. The van der Waals surface area contributed by atoms with Crippen molar-refractivity contribution in [2.75, 3.05) is 22.9 Å². The molecule has 7 N–H and O–H groups in total. The van der Waals surface area contributed by atoms with E-state index < -0.39 is 23.9 Å². The number of carboxylic acid groups (broad SMARTS) is 2. The smallest absolute Gasteiger partial charge is 0.326 e. The van der Waals surface area contributed by atoms with E-state index in [1.165, 1.54) is 0 Å². The number of aromatic nitrogens is 4. The number of hydrogen-bond donors (Lipinski definition) is 5. The van der Waals surface area contributed by atoms with Crippen molar-refractivity contribution in [2.45, 2.75) is 31.8 Å². The van der Waals surface area contributed by atoms with Gasteiger partial charge in [0.15, 0.2) is 17.0 Å². The molecule has 0 saturated carbocycles. The Hall–Kier alpha value is -5.33. The Labute approximate surface area is 228 Å². The van der Waals surface area contributed by atoms with Crippen molar-refractivity contribution in [3.8, 4) is 0 Å². The number of amides is 1. The number of aliphatic carboxylic acids is 2. The lowest BCUT2D eigenvalue weighted by Gasteiger charge is -2.25. The average molecular weight is 545 g/mol. The van der Waals surface area contributed by atoms with Gasteiger partial charge in [-0.2, -0.15) is 9.97 Å². The number of nitrogens with two attached hydrogens (primary N) is 2. The highest BCUT2D eigenvalue weighted by Gasteiger charge is 2.22. The molecule has 206 valence electrons. The van der Waals surface area contributed by atoms with Crippen LogP contribution in [0.2, 0.25) is 0 Å². The number of fused-ring (bicyclic) bond motifs is 1. The number of anilines is 3.